The lowest BCUT2D eigenvalue weighted by atomic mass is 10.1. The molecule has 0 aliphatic carbocycles. The quantitative estimate of drug-likeness (QED) is 0.539. The van der Waals surface area contributed by atoms with Gasteiger partial charge in [-0.1, -0.05) is 47.5 Å². The van der Waals surface area contributed by atoms with Crippen molar-refractivity contribution in [2.75, 3.05) is 4.72 Å². The Morgan fingerprint density at radius 1 is 0.963 bits per heavy atom. The Balaban J connectivity index is 1.86. The fourth-order valence-corrected chi connectivity index (χ4v) is 3.99. The Bertz CT molecular complexity index is 1210. The lowest BCUT2D eigenvalue weighted by Crippen LogP contribution is -2.14. The Hall–Kier alpha value is -2.83. The summed E-state index contributed by atoms with van der Waals surface area (Å²) < 4.78 is 30.2. The van der Waals surface area contributed by atoms with E-state index in [0.717, 1.165) is 11.1 Å². The van der Waals surface area contributed by atoms with Crippen molar-refractivity contribution in [3.8, 4) is 11.3 Å². The fraction of sp³-hybridized carbons (Fsp3) is 0.0500. The van der Waals surface area contributed by atoms with Gasteiger partial charge in [0, 0.05) is 16.8 Å². The molecule has 1 N–H and O–H groups in total. The van der Waals surface area contributed by atoms with Crippen LogP contribution >= 0.6 is 11.6 Å². The summed E-state index contributed by atoms with van der Waals surface area (Å²) in [5.41, 5.74) is 3.17. The van der Waals surface area contributed by atoms with Crippen LogP contribution in [0.2, 0.25) is 5.02 Å². The fourth-order valence-electron chi connectivity index (χ4n) is 2.81. The standard InChI is InChI=1S/C20H16ClN3O2S/c1-14-5-7-15(8-6-14)19-20(24-13-3-2-4-18(24)22-19)23-27(25,26)17-11-9-16(21)10-12-17/h2-13,23H,1H3. The number of imidazole rings is 1. The van der Waals surface area contributed by atoms with Gasteiger partial charge in [-0.15, -0.1) is 0 Å². The molecule has 0 spiro atoms. The topological polar surface area (TPSA) is 63.5 Å². The van der Waals surface area contributed by atoms with Gasteiger partial charge in [0.2, 0.25) is 0 Å². The summed E-state index contributed by atoms with van der Waals surface area (Å²) in [4.78, 5) is 4.75. The van der Waals surface area contributed by atoms with E-state index in [9.17, 15) is 8.42 Å². The van der Waals surface area contributed by atoms with Gasteiger partial charge in [-0.2, -0.15) is 0 Å². The van der Waals surface area contributed by atoms with Crippen molar-refractivity contribution < 1.29 is 8.42 Å². The van der Waals surface area contributed by atoms with Crippen LogP contribution in [0, 0.1) is 6.92 Å². The molecule has 0 radical (unpaired) electrons. The van der Waals surface area contributed by atoms with E-state index in [0.29, 0.717) is 22.2 Å². The van der Waals surface area contributed by atoms with Crippen molar-refractivity contribution in [1.29, 1.82) is 0 Å². The molecule has 0 fully saturated rings. The lowest BCUT2D eigenvalue weighted by molar-refractivity contribution is 0.601. The maximum atomic E-state index is 12.9. The van der Waals surface area contributed by atoms with E-state index >= 15 is 0 Å². The van der Waals surface area contributed by atoms with Crippen molar-refractivity contribution in [3.05, 3.63) is 83.5 Å². The second-order valence-corrected chi connectivity index (χ2v) is 8.28. The van der Waals surface area contributed by atoms with Crippen LogP contribution in [0.3, 0.4) is 0 Å². The molecule has 4 rings (SSSR count). The largest absolute Gasteiger partial charge is 0.285 e. The molecule has 2 aromatic heterocycles. The van der Waals surface area contributed by atoms with Crippen molar-refractivity contribution in [2.45, 2.75) is 11.8 Å². The van der Waals surface area contributed by atoms with Gasteiger partial charge in [0.1, 0.15) is 11.3 Å². The zero-order valence-corrected chi connectivity index (χ0v) is 16.0. The maximum Gasteiger partial charge on any atom is 0.263 e. The average molecular weight is 398 g/mol. The van der Waals surface area contributed by atoms with Gasteiger partial charge in [0.15, 0.2) is 5.82 Å². The number of pyridine rings is 1. The Morgan fingerprint density at radius 3 is 2.37 bits per heavy atom. The molecule has 0 bridgehead atoms. The van der Waals surface area contributed by atoms with Crippen LogP contribution in [-0.2, 0) is 10.0 Å². The molecule has 0 aliphatic rings. The summed E-state index contributed by atoms with van der Waals surface area (Å²) in [5, 5.41) is 0.476. The minimum atomic E-state index is -3.80. The number of fused-ring (bicyclic) bond motifs is 1. The molecule has 2 heterocycles. The van der Waals surface area contributed by atoms with Gasteiger partial charge in [-0.25, -0.2) is 13.4 Å². The molecule has 7 heteroatoms. The number of hydrogen-bond donors (Lipinski definition) is 1. The van der Waals surface area contributed by atoms with Crippen LogP contribution in [0.5, 0.6) is 0 Å². The van der Waals surface area contributed by atoms with E-state index in [1.54, 1.807) is 22.7 Å². The third-order valence-corrected chi connectivity index (χ3v) is 5.82. The van der Waals surface area contributed by atoms with Crippen LogP contribution in [-0.4, -0.2) is 17.8 Å². The third-order valence-electron chi connectivity index (χ3n) is 4.21. The minimum Gasteiger partial charge on any atom is -0.285 e. The van der Waals surface area contributed by atoms with Gasteiger partial charge in [-0.3, -0.25) is 9.12 Å². The van der Waals surface area contributed by atoms with E-state index in [4.69, 9.17) is 11.6 Å². The first-order valence-corrected chi connectivity index (χ1v) is 10.1. The van der Waals surface area contributed by atoms with Crippen molar-refractivity contribution >= 4 is 33.1 Å². The number of hydrogen-bond acceptors (Lipinski definition) is 3. The van der Waals surface area contributed by atoms with Crippen molar-refractivity contribution in [3.63, 3.8) is 0 Å². The first kappa shape index (κ1) is 17.6. The summed E-state index contributed by atoms with van der Waals surface area (Å²) in [6.07, 6.45) is 1.78. The lowest BCUT2D eigenvalue weighted by Gasteiger charge is -2.10. The number of aromatic nitrogens is 2. The second kappa shape index (κ2) is 6.72. The molecule has 5 nitrogen and oxygen atoms in total. The van der Waals surface area contributed by atoms with Gasteiger partial charge < -0.3 is 0 Å². The van der Waals surface area contributed by atoms with Crippen LogP contribution in [0.25, 0.3) is 16.9 Å². The summed E-state index contributed by atoms with van der Waals surface area (Å²) in [6.45, 7) is 2.00. The zero-order valence-electron chi connectivity index (χ0n) is 14.4. The molecule has 0 saturated carbocycles. The van der Waals surface area contributed by atoms with Crippen molar-refractivity contribution in [2.24, 2.45) is 0 Å². The number of sulfonamides is 1. The van der Waals surface area contributed by atoms with E-state index in [-0.39, 0.29) is 4.90 Å². The van der Waals surface area contributed by atoms with Crippen LogP contribution < -0.4 is 4.72 Å². The Labute approximate surface area is 162 Å². The summed E-state index contributed by atoms with van der Waals surface area (Å²) in [6, 6.07) is 19.3. The molecule has 0 atom stereocenters. The van der Waals surface area contributed by atoms with Crippen LogP contribution in [0.4, 0.5) is 5.82 Å². The number of halogens is 1. The number of nitrogens with zero attached hydrogens (tertiary/aromatic N) is 2. The molecule has 0 unspecified atom stereocenters. The van der Waals surface area contributed by atoms with Crippen LogP contribution in [0.1, 0.15) is 5.56 Å². The molecule has 4 aromatic rings. The number of aryl methyl sites for hydroxylation is 1. The number of benzene rings is 2. The molecule has 0 amide bonds. The predicted octanol–water partition coefficient (Wildman–Crippen LogP) is 4.76. The van der Waals surface area contributed by atoms with E-state index in [1.807, 2.05) is 49.4 Å². The van der Waals surface area contributed by atoms with Crippen LogP contribution in [0.15, 0.2) is 77.8 Å². The highest BCUT2D eigenvalue weighted by Gasteiger charge is 2.21. The molecular weight excluding hydrogens is 382 g/mol. The van der Waals surface area contributed by atoms with Crippen molar-refractivity contribution in [1.82, 2.24) is 9.38 Å². The highest BCUT2D eigenvalue weighted by atomic mass is 35.5. The predicted molar refractivity (Wildman–Crippen MR) is 108 cm³/mol. The smallest absolute Gasteiger partial charge is 0.263 e. The third kappa shape index (κ3) is 3.41. The molecule has 0 saturated heterocycles. The highest BCUT2D eigenvalue weighted by molar-refractivity contribution is 7.92. The summed E-state index contributed by atoms with van der Waals surface area (Å²) in [7, 11) is -3.80. The Kier molecular flexibility index (Phi) is 4.37. The zero-order chi connectivity index (χ0) is 19.0. The maximum absolute atomic E-state index is 12.9. The van der Waals surface area contributed by atoms with Gasteiger partial charge >= 0.3 is 0 Å². The average Bonchev–Trinajstić information content (AvgIpc) is 3.01. The summed E-state index contributed by atoms with van der Waals surface area (Å²) >= 11 is 5.87. The number of rotatable bonds is 4. The molecule has 2 aromatic carbocycles. The highest BCUT2D eigenvalue weighted by Crippen LogP contribution is 2.30. The molecular formula is C20H16ClN3O2S. The minimum absolute atomic E-state index is 0.132. The number of anilines is 1. The second-order valence-electron chi connectivity index (χ2n) is 6.16. The molecule has 27 heavy (non-hydrogen) atoms. The normalized spacial score (nSPS) is 11.6. The van der Waals surface area contributed by atoms with Gasteiger partial charge in [0.25, 0.3) is 10.0 Å². The van der Waals surface area contributed by atoms with E-state index < -0.39 is 10.0 Å². The van der Waals surface area contributed by atoms with E-state index in [1.165, 1.54) is 12.1 Å². The number of nitrogens with one attached hydrogen (secondary N) is 1. The molecule has 136 valence electrons. The first-order chi connectivity index (χ1) is 12.9. The monoisotopic (exact) mass is 397 g/mol. The van der Waals surface area contributed by atoms with E-state index in [2.05, 4.69) is 9.71 Å². The summed E-state index contributed by atoms with van der Waals surface area (Å²) in [5.74, 6) is 0.393. The van der Waals surface area contributed by atoms with Gasteiger partial charge in [-0.05, 0) is 43.3 Å². The Morgan fingerprint density at radius 2 is 1.67 bits per heavy atom. The van der Waals surface area contributed by atoms with Gasteiger partial charge in [0.05, 0.1) is 4.90 Å². The molecule has 0 aliphatic heterocycles. The SMILES string of the molecule is Cc1ccc(-c2nc3ccccn3c2NS(=O)(=O)c2ccc(Cl)cc2)cc1. The first-order valence-electron chi connectivity index (χ1n) is 8.26.